The molecule has 2 aromatic carbocycles. The number of ether oxygens (including phenoxy) is 1. The predicted octanol–water partition coefficient (Wildman–Crippen LogP) is 2.91. The van der Waals surface area contributed by atoms with Gasteiger partial charge in [-0.05, 0) is 30.3 Å². The van der Waals surface area contributed by atoms with E-state index in [1.165, 1.54) is 11.3 Å². The van der Waals surface area contributed by atoms with Crippen molar-refractivity contribution in [3.8, 4) is 0 Å². The maximum Gasteiger partial charge on any atom is 0.262 e. The van der Waals surface area contributed by atoms with E-state index >= 15 is 0 Å². The van der Waals surface area contributed by atoms with E-state index in [9.17, 15) is 14.4 Å². The molecule has 3 amide bonds. The molecule has 0 bridgehead atoms. The minimum atomic E-state index is -0.451. The lowest BCUT2D eigenvalue weighted by Gasteiger charge is -2.29. The third kappa shape index (κ3) is 4.37. The van der Waals surface area contributed by atoms with E-state index in [-0.39, 0.29) is 12.5 Å². The Morgan fingerprint density at radius 2 is 1.79 bits per heavy atom. The summed E-state index contributed by atoms with van der Waals surface area (Å²) in [5.41, 5.74) is 1.39. The fourth-order valence-corrected chi connectivity index (χ4v) is 5.28. The van der Waals surface area contributed by atoms with Gasteiger partial charge in [0.15, 0.2) is 5.13 Å². The average Bonchev–Trinajstić information content (AvgIpc) is 3.34. The van der Waals surface area contributed by atoms with Gasteiger partial charge in [0.1, 0.15) is 6.54 Å². The number of carbonyl (C=O) groups excluding carboxylic acids is 3. The van der Waals surface area contributed by atoms with E-state index < -0.39 is 11.8 Å². The first-order valence-electron chi connectivity index (χ1n) is 10.6. The number of hydrogen-bond acceptors (Lipinski definition) is 7. The molecule has 1 aromatic heterocycles. The quantitative estimate of drug-likeness (QED) is 0.500. The first kappa shape index (κ1) is 22.0. The number of nitrogens with zero attached hydrogens (tertiary/aromatic N) is 4. The van der Waals surface area contributed by atoms with Crippen molar-refractivity contribution in [1.29, 1.82) is 0 Å². The van der Waals surface area contributed by atoms with Gasteiger partial charge in [0.25, 0.3) is 11.8 Å². The zero-order chi connectivity index (χ0) is 22.9. The zero-order valence-electron chi connectivity index (χ0n) is 17.7. The lowest BCUT2D eigenvalue weighted by atomic mass is 10.1. The van der Waals surface area contributed by atoms with E-state index in [0.29, 0.717) is 47.6 Å². The number of halogens is 1. The van der Waals surface area contributed by atoms with Gasteiger partial charge in [0.2, 0.25) is 5.91 Å². The Labute approximate surface area is 199 Å². The average molecular weight is 485 g/mol. The van der Waals surface area contributed by atoms with Gasteiger partial charge >= 0.3 is 0 Å². The van der Waals surface area contributed by atoms with Crippen molar-refractivity contribution in [2.45, 2.75) is 0 Å². The molecule has 2 aliphatic heterocycles. The van der Waals surface area contributed by atoms with Crippen LogP contribution in [0.4, 0.5) is 5.13 Å². The molecule has 1 saturated heterocycles. The number of aromatic nitrogens is 1. The number of imide groups is 1. The fraction of sp³-hybridized carbons (Fsp3) is 0.304. The van der Waals surface area contributed by atoms with Crippen LogP contribution in [0.15, 0.2) is 42.5 Å². The van der Waals surface area contributed by atoms with Crippen molar-refractivity contribution in [3.05, 3.63) is 58.6 Å². The highest BCUT2D eigenvalue weighted by atomic mass is 35.5. The molecule has 0 spiro atoms. The van der Waals surface area contributed by atoms with Gasteiger partial charge < -0.3 is 4.74 Å². The molecule has 3 aromatic rings. The summed E-state index contributed by atoms with van der Waals surface area (Å²) in [5.74, 6) is -1.26. The number of amides is 3. The van der Waals surface area contributed by atoms with Gasteiger partial charge in [-0.2, -0.15) is 0 Å². The topological polar surface area (TPSA) is 83.1 Å². The maximum absolute atomic E-state index is 13.4. The van der Waals surface area contributed by atoms with E-state index in [1.807, 2.05) is 12.1 Å². The van der Waals surface area contributed by atoms with E-state index in [1.54, 1.807) is 35.2 Å². The van der Waals surface area contributed by atoms with Gasteiger partial charge in [0.05, 0.1) is 34.6 Å². The molecule has 2 aliphatic rings. The number of fused-ring (bicyclic) bond motifs is 2. The van der Waals surface area contributed by atoms with Crippen LogP contribution < -0.4 is 4.90 Å². The number of anilines is 1. The largest absolute Gasteiger partial charge is 0.379 e. The second-order valence-corrected chi connectivity index (χ2v) is 9.30. The number of benzene rings is 2. The monoisotopic (exact) mass is 484 g/mol. The molecule has 0 aliphatic carbocycles. The highest BCUT2D eigenvalue weighted by Crippen LogP contribution is 2.31. The summed E-state index contributed by atoms with van der Waals surface area (Å²) in [7, 11) is 0. The summed E-state index contributed by atoms with van der Waals surface area (Å²) in [6.07, 6.45) is 0. The lowest BCUT2D eigenvalue weighted by Crippen LogP contribution is -2.47. The first-order valence-corrected chi connectivity index (χ1v) is 11.8. The third-order valence-electron chi connectivity index (χ3n) is 5.79. The Morgan fingerprint density at radius 1 is 1.09 bits per heavy atom. The van der Waals surface area contributed by atoms with Crippen molar-refractivity contribution in [2.24, 2.45) is 0 Å². The van der Waals surface area contributed by atoms with Crippen molar-refractivity contribution >= 4 is 56.0 Å². The van der Waals surface area contributed by atoms with E-state index in [2.05, 4.69) is 9.88 Å². The summed E-state index contributed by atoms with van der Waals surface area (Å²) in [4.78, 5) is 48.4. The SMILES string of the molecule is O=C1c2ccccc2C(=O)N1CC(=O)N(CCN1CCOCC1)c1nc2ccc(Cl)cc2s1. The van der Waals surface area contributed by atoms with Gasteiger partial charge in [0, 0.05) is 31.2 Å². The third-order valence-corrected chi connectivity index (χ3v) is 7.06. The van der Waals surface area contributed by atoms with Gasteiger partial charge in [-0.3, -0.25) is 29.1 Å². The van der Waals surface area contributed by atoms with Crippen molar-refractivity contribution in [2.75, 3.05) is 50.8 Å². The molecule has 5 rings (SSSR count). The second kappa shape index (κ2) is 9.18. The Balaban J connectivity index is 1.40. The summed E-state index contributed by atoms with van der Waals surface area (Å²) in [6, 6.07) is 12.0. The Bertz CT molecular complexity index is 1210. The second-order valence-electron chi connectivity index (χ2n) is 7.85. The van der Waals surface area contributed by atoms with Crippen LogP contribution in [0, 0.1) is 0 Å². The fourth-order valence-electron chi connectivity index (χ4n) is 4.00. The summed E-state index contributed by atoms with van der Waals surface area (Å²) >= 11 is 7.48. The highest BCUT2D eigenvalue weighted by Gasteiger charge is 2.37. The standard InChI is InChI=1S/C23H21ClN4O4S/c24-15-5-6-18-19(13-15)33-23(25-18)27(8-7-26-9-11-32-12-10-26)20(29)14-28-21(30)16-3-1-2-4-17(16)22(28)31/h1-6,13H,7-12,14H2. The van der Waals surface area contributed by atoms with Crippen LogP contribution in [-0.2, 0) is 9.53 Å². The summed E-state index contributed by atoms with van der Waals surface area (Å²) in [5, 5.41) is 1.11. The molecule has 0 saturated carbocycles. The minimum absolute atomic E-state index is 0.324. The van der Waals surface area contributed by atoms with Crippen molar-refractivity contribution in [1.82, 2.24) is 14.8 Å². The zero-order valence-corrected chi connectivity index (χ0v) is 19.3. The van der Waals surface area contributed by atoms with Crippen LogP contribution in [0.1, 0.15) is 20.7 Å². The van der Waals surface area contributed by atoms with Crippen molar-refractivity contribution < 1.29 is 19.1 Å². The Kier molecular flexibility index (Phi) is 6.11. The molecule has 1 fully saturated rings. The molecular formula is C23H21ClN4O4S. The molecule has 33 heavy (non-hydrogen) atoms. The molecular weight excluding hydrogens is 464 g/mol. The number of morpholine rings is 1. The van der Waals surface area contributed by atoms with Crippen LogP contribution >= 0.6 is 22.9 Å². The summed E-state index contributed by atoms with van der Waals surface area (Å²) in [6.45, 7) is 3.56. The van der Waals surface area contributed by atoms with Crippen LogP contribution in [0.2, 0.25) is 5.02 Å². The Morgan fingerprint density at radius 3 is 2.48 bits per heavy atom. The Hall–Kier alpha value is -2.85. The lowest BCUT2D eigenvalue weighted by molar-refractivity contribution is -0.119. The van der Waals surface area contributed by atoms with Gasteiger partial charge in [-0.25, -0.2) is 4.98 Å². The number of carbonyl (C=O) groups is 3. The van der Waals surface area contributed by atoms with Gasteiger partial charge in [-0.1, -0.05) is 35.1 Å². The smallest absolute Gasteiger partial charge is 0.262 e. The predicted molar refractivity (Wildman–Crippen MR) is 126 cm³/mol. The first-order chi connectivity index (χ1) is 16.0. The van der Waals surface area contributed by atoms with E-state index in [0.717, 1.165) is 28.2 Å². The minimum Gasteiger partial charge on any atom is -0.379 e. The molecule has 3 heterocycles. The van der Waals surface area contributed by atoms with Crippen LogP contribution in [-0.4, -0.2) is 78.4 Å². The maximum atomic E-state index is 13.4. The molecule has 0 atom stereocenters. The molecule has 170 valence electrons. The van der Waals surface area contributed by atoms with Crippen LogP contribution in [0.25, 0.3) is 10.2 Å². The van der Waals surface area contributed by atoms with Gasteiger partial charge in [-0.15, -0.1) is 0 Å². The number of hydrogen-bond donors (Lipinski definition) is 0. The molecule has 10 heteroatoms. The molecule has 0 N–H and O–H groups in total. The van der Waals surface area contributed by atoms with Crippen LogP contribution in [0.5, 0.6) is 0 Å². The van der Waals surface area contributed by atoms with E-state index in [4.69, 9.17) is 16.3 Å². The number of thiazole rings is 1. The molecule has 8 nitrogen and oxygen atoms in total. The molecule has 0 unspecified atom stereocenters. The molecule has 0 radical (unpaired) electrons. The summed E-state index contributed by atoms with van der Waals surface area (Å²) < 4.78 is 6.27. The normalized spacial score (nSPS) is 16.5. The number of rotatable bonds is 6. The highest BCUT2D eigenvalue weighted by molar-refractivity contribution is 7.22. The van der Waals surface area contributed by atoms with Crippen molar-refractivity contribution in [3.63, 3.8) is 0 Å². The van der Waals surface area contributed by atoms with Crippen LogP contribution in [0.3, 0.4) is 0 Å².